The zero-order valence-corrected chi connectivity index (χ0v) is 11.3. The molecule has 17 heavy (non-hydrogen) atoms. The molecule has 0 spiro atoms. The van der Waals surface area contributed by atoms with E-state index >= 15 is 0 Å². The van der Waals surface area contributed by atoms with E-state index in [4.69, 9.17) is 4.74 Å². The highest BCUT2D eigenvalue weighted by Gasteiger charge is 2.19. The maximum Gasteiger partial charge on any atom is 0.0494 e. The van der Waals surface area contributed by atoms with Crippen molar-refractivity contribution in [2.24, 2.45) is 5.92 Å². The van der Waals surface area contributed by atoms with E-state index < -0.39 is 0 Å². The third-order valence-electron chi connectivity index (χ3n) is 4.05. The molecule has 2 rings (SSSR count). The second-order valence-corrected chi connectivity index (χ2v) is 5.87. The van der Waals surface area contributed by atoms with Crippen molar-refractivity contribution in [2.45, 2.75) is 70.3 Å². The Balaban J connectivity index is 1.27. The summed E-state index contributed by atoms with van der Waals surface area (Å²) >= 11 is 0. The summed E-state index contributed by atoms with van der Waals surface area (Å²) in [5.74, 6) is 0.887. The Labute approximate surface area is 107 Å². The third kappa shape index (κ3) is 6.42. The molecule has 0 atom stereocenters. The number of hydrogen-bond donors (Lipinski definition) is 1. The number of rotatable bonds is 10. The predicted molar refractivity (Wildman–Crippen MR) is 72.3 cm³/mol. The van der Waals surface area contributed by atoms with E-state index in [9.17, 15) is 0 Å². The Kier molecular flexibility index (Phi) is 6.36. The van der Waals surface area contributed by atoms with Crippen LogP contribution in [0.4, 0.5) is 0 Å². The summed E-state index contributed by atoms with van der Waals surface area (Å²) in [7, 11) is 0. The summed E-state index contributed by atoms with van der Waals surface area (Å²) in [6, 6.07) is 0.879. The van der Waals surface area contributed by atoms with Gasteiger partial charge in [-0.3, -0.25) is 0 Å². The number of unbranched alkanes of at least 4 members (excludes halogenated alkanes) is 3. The Morgan fingerprint density at radius 2 is 1.65 bits per heavy atom. The molecule has 2 saturated carbocycles. The van der Waals surface area contributed by atoms with Crippen LogP contribution in [0.15, 0.2) is 0 Å². The van der Waals surface area contributed by atoms with Crippen LogP contribution >= 0.6 is 0 Å². The monoisotopic (exact) mass is 239 g/mol. The van der Waals surface area contributed by atoms with Crippen LogP contribution in [0.25, 0.3) is 0 Å². The molecule has 0 bridgehead atoms. The Morgan fingerprint density at radius 1 is 0.882 bits per heavy atom. The van der Waals surface area contributed by atoms with Gasteiger partial charge in [-0.25, -0.2) is 0 Å². The first-order chi connectivity index (χ1) is 8.45. The van der Waals surface area contributed by atoms with Gasteiger partial charge in [0.1, 0.15) is 0 Å². The lowest BCUT2D eigenvalue weighted by Gasteiger charge is -2.09. The molecule has 100 valence electrons. The van der Waals surface area contributed by atoms with Gasteiger partial charge in [0.25, 0.3) is 0 Å². The summed E-state index contributed by atoms with van der Waals surface area (Å²) in [5.41, 5.74) is 0. The molecular formula is C15H29NO. The van der Waals surface area contributed by atoms with Crippen LogP contribution in [0.3, 0.4) is 0 Å². The second kappa shape index (κ2) is 8.10. The Bertz CT molecular complexity index is 185. The molecule has 0 radical (unpaired) electrons. The quantitative estimate of drug-likeness (QED) is 0.589. The molecule has 0 aliphatic heterocycles. The summed E-state index contributed by atoms with van der Waals surface area (Å²) < 4.78 is 5.76. The lowest BCUT2D eigenvalue weighted by molar-refractivity contribution is 0.0979. The Morgan fingerprint density at radius 3 is 2.41 bits per heavy atom. The summed E-state index contributed by atoms with van der Waals surface area (Å²) in [4.78, 5) is 0. The van der Waals surface area contributed by atoms with E-state index in [-0.39, 0.29) is 0 Å². The summed E-state index contributed by atoms with van der Waals surface area (Å²) in [6.07, 6.45) is 13.8. The highest BCUT2D eigenvalue weighted by molar-refractivity contribution is 4.80. The van der Waals surface area contributed by atoms with Crippen LogP contribution < -0.4 is 5.32 Å². The van der Waals surface area contributed by atoms with Crippen LogP contribution in [-0.2, 0) is 4.74 Å². The maximum absolute atomic E-state index is 5.76. The molecule has 0 aromatic heterocycles. The number of hydrogen-bond acceptors (Lipinski definition) is 2. The van der Waals surface area contributed by atoms with Gasteiger partial charge in [-0.1, -0.05) is 25.7 Å². The SMILES string of the molecule is C(CCCOCC1CCCC1)CCNC1CC1. The molecule has 0 aromatic rings. The molecule has 2 fully saturated rings. The lowest BCUT2D eigenvalue weighted by Crippen LogP contribution is -2.17. The van der Waals surface area contributed by atoms with E-state index in [1.54, 1.807) is 0 Å². The predicted octanol–water partition coefficient (Wildman–Crippen LogP) is 3.51. The van der Waals surface area contributed by atoms with Gasteiger partial charge in [-0.15, -0.1) is 0 Å². The van der Waals surface area contributed by atoms with Gasteiger partial charge in [0.05, 0.1) is 0 Å². The van der Waals surface area contributed by atoms with Crippen LogP contribution in [0.5, 0.6) is 0 Å². The summed E-state index contributed by atoms with van der Waals surface area (Å²) in [5, 5.41) is 3.56. The van der Waals surface area contributed by atoms with Crippen molar-refractivity contribution in [1.29, 1.82) is 0 Å². The molecule has 0 heterocycles. The molecule has 2 aliphatic carbocycles. The molecule has 1 N–H and O–H groups in total. The van der Waals surface area contributed by atoms with E-state index in [0.717, 1.165) is 25.2 Å². The molecule has 2 aliphatic rings. The third-order valence-corrected chi connectivity index (χ3v) is 4.05. The van der Waals surface area contributed by atoms with Crippen molar-refractivity contribution in [3.8, 4) is 0 Å². The van der Waals surface area contributed by atoms with Crippen LogP contribution in [0.1, 0.15) is 64.2 Å². The number of nitrogens with one attached hydrogen (secondary N) is 1. The molecule has 0 amide bonds. The maximum atomic E-state index is 5.76. The van der Waals surface area contributed by atoms with Crippen LogP contribution in [0, 0.1) is 5.92 Å². The molecule has 0 saturated heterocycles. The average molecular weight is 239 g/mol. The minimum Gasteiger partial charge on any atom is -0.381 e. The van der Waals surface area contributed by atoms with Crippen molar-refractivity contribution < 1.29 is 4.74 Å². The van der Waals surface area contributed by atoms with Gasteiger partial charge in [0.15, 0.2) is 0 Å². The summed E-state index contributed by atoms with van der Waals surface area (Å²) in [6.45, 7) is 3.25. The molecule has 0 aromatic carbocycles. The van der Waals surface area contributed by atoms with Crippen molar-refractivity contribution in [3.63, 3.8) is 0 Å². The van der Waals surface area contributed by atoms with Gasteiger partial charge in [-0.2, -0.15) is 0 Å². The van der Waals surface area contributed by atoms with Crippen molar-refractivity contribution >= 4 is 0 Å². The first kappa shape index (κ1) is 13.4. The van der Waals surface area contributed by atoms with E-state index in [0.29, 0.717) is 0 Å². The fraction of sp³-hybridized carbons (Fsp3) is 1.00. The second-order valence-electron chi connectivity index (χ2n) is 5.87. The first-order valence-corrected chi connectivity index (χ1v) is 7.76. The number of ether oxygens (including phenoxy) is 1. The van der Waals surface area contributed by atoms with Gasteiger partial charge in [0.2, 0.25) is 0 Å². The zero-order valence-electron chi connectivity index (χ0n) is 11.3. The first-order valence-electron chi connectivity index (χ1n) is 7.76. The Hall–Kier alpha value is -0.0800. The van der Waals surface area contributed by atoms with Crippen LogP contribution in [0.2, 0.25) is 0 Å². The van der Waals surface area contributed by atoms with Crippen molar-refractivity contribution in [3.05, 3.63) is 0 Å². The van der Waals surface area contributed by atoms with Gasteiger partial charge >= 0.3 is 0 Å². The standard InChI is InChI=1S/C15H29NO/c1(5-11-16-15-9-10-15)2-6-12-17-13-14-7-3-4-8-14/h14-16H,1-13H2. The smallest absolute Gasteiger partial charge is 0.0494 e. The molecular weight excluding hydrogens is 210 g/mol. The van der Waals surface area contributed by atoms with Crippen molar-refractivity contribution in [2.75, 3.05) is 19.8 Å². The van der Waals surface area contributed by atoms with Crippen LogP contribution in [-0.4, -0.2) is 25.8 Å². The largest absolute Gasteiger partial charge is 0.381 e. The highest BCUT2D eigenvalue weighted by Crippen LogP contribution is 2.24. The zero-order chi connectivity index (χ0) is 11.8. The average Bonchev–Trinajstić information content (AvgIpc) is 3.02. The molecule has 2 nitrogen and oxygen atoms in total. The van der Waals surface area contributed by atoms with Gasteiger partial charge < -0.3 is 10.1 Å². The van der Waals surface area contributed by atoms with Gasteiger partial charge in [-0.05, 0) is 51.0 Å². The highest BCUT2D eigenvalue weighted by atomic mass is 16.5. The normalized spacial score (nSPS) is 21.2. The molecule has 0 unspecified atom stereocenters. The van der Waals surface area contributed by atoms with Crippen molar-refractivity contribution in [1.82, 2.24) is 5.32 Å². The topological polar surface area (TPSA) is 21.3 Å². The minimum atomic E-state index is 0.879. The van der Waals surface area contributed by atoms with E-state index in [2.05, 4.69) is 5.32 Å². The van der Waals surface area contributed by atoms with Gasteiger partial charge in [0, 0.05) is 19.3 Å². The minimum absolute atomic E-state index is 0.879. The molecule has 2 heteroatoms. The van der Waals surface area contributed by atoms with E-state index in [1.165, 1.54) is 70.8 Å². The van der Waals surface area contributed by atoms with E-state index in [1.807, 2.05) is 0 Å². The fourth-order valence-corrected chi connectivity index (χ4v) is 2.70. The fourth-order valence-electron chi connectivity index (χ4n) is 2.70. The lowest BCUT2D eigenvalue weighted by atomic mass is 10.1.